The summed E-state index contributed by atoms with van der Waals surface area (Å²) in [6, 6.07) is 39.0. The first-order chi connectivity index (χ1) is 29.1. The van der Waals surface area contributed by atoms with Crippen LogP contribution in [0, 0.1) is 27.7 Å². The van der Waals surface area contributed by atoms with Crippen LogP contribution in [0.3, 0.4) is 0 Å². The van der Waals surface area contributed by atoms with Crippen molar-refractivity contribution < 1.29 is 9.15 Å². The number of anilines is 3. The monoisotopic (exact) mass is 779 g/mol. The van der Waals surface area contributed by atoms with Gasteiger partial charge in [-0.2, -0.15) is 0 Å². The second-order valence-electron chi connectivity index (χ2n) is 17.0. The summed E-state index contributed by atoms with van der Waals surface area (Å²) in [6.07, 6.45) is 6.79. The van der Waals surface area contributed by atoms with Crippen LogP contribution >= 0.6 is 0 Å². The lowest BCUT2D eigenvalue weighted by Crippen LogP contribution is -2.71. The largest absolute Gasteiger partial charge is 0.441 e. The summed E-state index contributed by atoms with van der Waals surface area (Å²) in [5, 5.41) is 1.22. The first-order valence-electron chi connectivity index (χ1n) is 21.0. The van der Waals surface area contributed by atoms with E-state index >= 15 is 0 Å². The van der Waals surface area contributed by atoms with Crippen LogP contribution in [0.5, 0.6) is 0 Å². The zero-order chi connectivity index (χ0) is 40.9. The highest BCUT2D eigenvalue weighted by Gasteiger charge is 2.70. The zero-order valence-electron chi connectivity index (χ0n) is 35.3. The van der Waals surface area contributed by atoms with Crippen molar-refractivity contribution in [3.63, 3.8) is 0 Å². The number of para-hydroxylation sites is 2. The maximum Gasteiger partial charge on any atom is 0.441 e. The fourth-order valence-electron chi connectivity index (χ4n) is 10.5. The molecule has 60 heavy (non-hydrogen) atoms. The molecule has 7 nitrogen and oxygen atoms in total. The van der Waals surface area contributed by atoms with Crippen LogP contribution in [0.1, 0.15) is 72.3 Å². The van der Waals surface area contributed by atoms with Gasteiger partial charge in [0.2, 0.25) is 0 Å². The fraction of sp³-hybridized carbons (Fsp3) is 0.170. The maximum atomic E-state index is 5.55. The van der Waals surface area contributed by atoms with E-state index < -0.39 is 5.91 Å². The quantitative estimate of drug-likeness (QED) is 0.123. The van der Waals surface area contributed by atoms with Crippen LogP contribution in [-0.4, -0.2) is 35.7 Å². The van der Waals surface area contributed by atoms with Gasteiger partial charge in [0.05, 0.1) is 27.8 Å². The second kappa shape index (κ2) is 12.0. The Balaban J connectivity index is 0.983. The third-order valence-corrected chi connectivity index (χ3v) is 14.1. The summed E-state index contributed by atoms with van der Waals surface area (Å²) in [5.74, 6) is 2.29. The molecule has 8 heterocycles. The van der Waals surface area contributed by atoms with Gasteiger partial charge in [-0.3, -0.25) is 0 Å². The average Bonchev–Trinajstić information content (AvgIpc) is 3.88. The van der Waals surface area contributed by atoms with Gasteiger partial charge in [0.1, 0.15) is 11.4 Å². The first kappa shape index (κ1) is 34.9. The van der Waals surface area contributed by atoms with Gasteiger partial charge in [-0.25, -0.2) is 9.13 Å². The van der Waals surface area contributed by atoms with Crippen molar-refractivity contribution in [1.82, 2.24) is 9.13 Å². The molecule has 0 radical (unpaired) electrons. The zero-order valence-corrected chi connectivity index (χ0v) is 35.3. The summed E-state index contributed by atoms with van der Waals surface area (Å²) < 4.78 is 10.1. The summed E-state index contributed by atoms with van der Waals surface area (Å²) in [4.78, 5) is 13.4. The SMILES string of the molecule is CC1=C(C)C2=[N+]3C1=Nc1c(C)c(C)c4n1[C@]31n3c(c(C)c(C)c3=NC3=[N+]1C(=C4c1ccc(/C=C/c4ccc(N(c5ccccc5)c5ccccc5)cc4)cc1)C(C)=C3C)=C2. The van der Waals surface area contributed by atoms with Crippen molar-refractivity contribution in [3.05, 3.63) is 193 Å². The molecule has 12 rings (SSSR count). The van der Waals surface area contributed by atoms with Crippen LogP contribution in [-0.2, 0) is 5.91 Å². The molecule has 6 aliphatic rings. The summed E-state index contributed by atoms with van der Waals surface area (Å²) in [7, 11) is 0. The molecule has 6 aromatic rings. The lowest BCUT2D eigenvalue weighted by Gasteiger charge is -2.42. The Morgan fingerprint density at radius 1 is 0.550 bits per heavy atom. The van der Waals surface area contributed by atoms with E-state index in [4.69, 9.17) is 9.98 Å². The van der Waals surface area contributed by atoms with Gasteiger partial charge in [-0.1, -0.05) is 84.9 Å². The molecule has 0 saturated heterocycles. The number of hydrogen-bond donors (Lipinski definition) is 0. The van der Waals surface area contributed by atoms with Crippen LogP contribution in [0.4, 0.5) is 22.9 Å². The van der Waals surface area contributed by atoms with Crippen molar-refractivity contribution in [2.75, 3.05) is 4.90 Å². The van der Waals surface area contributed by atoms with E-state index in [0.717, 1.165) is 51.2 Å². The lowest BCUT2D eigenvalue weighted by atomic mass is 9.91. The molecule has 1 spiro atoms. The number of aliphatic imine (C=N–C) groups is 1. The molecule has 2 aromatic heterocycles. The number of hydrogen-bond acceptors (Lipinski definition) is 3. The minimum atomic E-state index is -0.778. The summed E-state index contributed by atoms with van der Waals surface area (Å²) >= 11 is 0. The normalized spacial score (nSPS) is 19.0. The molecule has 4 aromatic carbocycles. The molecule has 0 fully saturated rings. The van der Waals surface area contributed by atoms with Crippen molar-refractivity contribution in [2.24, 2.45) is 9.98 Å². The number of nitrogens with zero attached hydrogens (tertiary/aromatic N) is 7. The molecule has 290 valence electrons. The number of aromatic nitrogens is 2. The number of benzene rings is 4. The van der Waals surface area contributed by atoms with Crippen LogP contribution in [0.25, 0.3) is 23.8 Å². The molecule has 1 atom stereocenters. The molecule has 0 bridgehead atoms. The van der Waals surface area contributed by atoms with E-state index in [-0.39, 0.29) is 0 Å². The Morgan fingerprint density at radius 3 is 1.78 bits per heavy atom. The van der Waals surface area contributed by atoms with E-state index in [1.807, 2.05) is 0 Å². The van der Waals surface area contributed by atoms with Crippen molar-refractivity contribution in [3.8, 4) is 0 Å². The molecule has 6 aliphatic heterocycles. The van der Waals surface area contributed by atoms with Crippen LogP contribution in [0.2, 0.25) is 0 Å². The van der Waals surface area contributed by atoms with Crippen LogP contribution < -0.4 is 15.7 Å². The molecular weight excluding hydrogens is 735 g/mol. The minimum absolute atomic E-state index is 0.778. The highest BCUT2D eigenvalue weighted by molar-refractivity contribution is 6.26. The predicted molar refractivity (Wildman–Crippen MR) is 243 cm³/mol. The van der Waals surface area contributed by atoms with Crippen molar-refractivity contribution >= 4 is 64.1 Å². The third kappa shape index (κ3) is 4.19. The molecule has 0 unspecified atom stereocenters. The predicted octanol–water partition coefficient (Wildman–Crippen LogP) is 10.1. The Bertz CT molecular complexity index is 3300. The van der Waals surface area contributed by atoms with E-state index in [2.05, 4.69) is 206 Å². The van der Waals surface area contributed by atoms with Gasteiger partial charge >= 0.3 is 17.6 Å². The topological polar surface area (TPSA) is 43.8 Å². The first-order valence-corrected chi connectivity index (χ1v) is 21.0. The fourth-order valence-corrected chi connectivity index (χ4v) is 10.5. The maximum absolute atomic E-state index is 5.55. The van der Waals surface area contributed by atoms with Gasteiger partial charge in [0.15, 0.2) is 0 Å². The Labute approximate surface area is 349 Å². The third-order valence-electron chi connectivity index (χ3n) is 14.1. The van der Waals surface area contributed by atoms with E-state index in [0.29, 0.717) is 0 Å². The minimum Gasteiger partial charge on any atom is -0.311 e. The van der Waals surface area contributed by atoms with Crippen molar-refractivity contribution in [2.45, 2.75) is 61.3 Å². The highest BCUT2D eigenvalue weighted by atomic mass is 15.7. The standard InChI is InChI=1S/C53H45N7/c1-30-34(5)49-54-51-36(7)32(3)47-46(48-33(4)37(8)52-55-50-35(6)31(2)45-29-44(30)57(49)53(58(45)50,59(47)51)60(48)52)40-25-21-38(22-26-40)19-20-39-23-27-43(28-24-39)56(41-15-11-9-12-16-41)42-17-13-10-14-18-42/h9-29H,1-8H3/q+2/t53-/m1/s1. The number of rotatable bonds is 6. The second-order valence-corrected chi connectivity index (χ2v) is 17.0. The van der Waals surface area contributed by atoms with E-state index in [1.165, 1.54) is 78.1 Å². The molecule has 0 aliphatic carbocycles. The average molecular weight is 780 g/mol. The van der Waals surface area contributed by atoms with Gasteiger partial charge in [0.25, 0.3) is 11.3 Å². The molecule has 7 heteroatoms. The van der Waals surface area contributed by atoms with E-state index in [9.17, 15) is 0 Å². The Morgan fingerprint density at radius 2 is 1.15 bits per heavy atom. The molecule has 0 N–H and O–H groups in total. The number of allylic oxidation sites excluding steroid dienone is 2. The van der Waals surface area contributed by atoms with Crippen molar-refractivity contribution in [1.29, 1.82) is 0 Å². The van der Waals surface area contributed by atoms with Crippen LogP contribution in [0.15, 0.2) is 147 Å². The van der Waals surface area contributed by atoms with Gasteiger partial charge < -0.3 is 4.90 Å². The number of amidine groups is 2. The molecule has 0 saturated carbocycles. The molecule has 0 amide bonds. The lowest BCUT2D eigenvalue weighted by molar-refractivity contribution is -0.814. The highest BCUT2D eigenvalue weighted by Crippen LogP contribution is 2.54. The van der Waals surface area contributed by atoms with Gasteiger partial charge in [-0.05, 0) is 130 Å². The smallest absolute Gasteiger partial charge is 0.311 e. The van der Waals surface area contributed by atoms with Gasteiger partial charge in [-0.15, -0.1) is 9.15 Å². The summed E-state index contributed by atoms with van der Waals surface area (Å²) in [6.45, 7) is 18.1. The van der Waals surface area contributed by atoms with Gasteiger partial charge in [0, 0.05) is 45.4 Å². The Hall–Kier alpha value is -7.12. The summed E-state index contributed by atoms with van der Waals surface area (Å²) in [5.41, 5.74) is 22.7. The molecular formula is C53H45N7+2. The Kier molecular flexibility index (Phi) is 6.96. The van der Waals surface area contributed by atoms with E-state index in [1.54, 1.807) is 0 Å².